The molecule has 5 nitrogen and oxygen atoms in total. The molecule has 3 aliphatic rings. The number of piperidine rings is 1. The van der Waals surface area contributed by atoms with E-state index in [-0.39, 0.29) is 0 Å². The van der Waals surface area contributed by atoms with Gasteiger partial charge in [0.15, 0.2) is 0 Å². The van der Waals surface area contributed by atoms with Crippen LogP contribution in [0.15, 0.2) is 0 Å². The van der Waals surface area contributed by atoms with Crippen molar-refractivity contribution in [2.45, 2.75) is 38.2 Å². The molecule has 0 spiro atoms. The van der Waals surface area contributed by atoms with Crippen molar-refractivity contribution < 1.29 is 13.5 Å². The quantitative estimate of drug-likeness (QED) is 0.811. The topological polar surface area (TPSA) is 60.9 Å². The average molecular weight is 274 g/mol. The van der Waals surface area contributed by atoms with Crippen molar-refractivity contribution in [3.05, 3.63) is 0 Å². The minimum absolute atomic E-state index is 0.297. The standard InChI is InChI=1S/C12H22N2O3S/c1-10-3-2-6-13(7-10)18(16,17)14-8-12(15,9-14)11-4-5-11/h10-11,15H,2-9H2,1H3. The maximum atomic E-state index is 12.4. The highest BCUT2D eigenvalue weighted by molar-refractivity contribution is 7.86. The van der Waals surface area contributed by atoms with E-state index in [1.54, 1.807) is 4.31 Å². The van der Waals surface area contributed by atoms with E-state index in [0.717, 1.165) is 25.7 Å². The summed E-state index contributed by atoms with van der Waals surface area (Å²) in [6, 6.07) is 0. The Labute approximate surface area is 109 Å². The number of rotatable bonds is 3. The second-order valence-corrected chi connectivity index (χ2v) is 8.19. The highest BCUT2D eigenvalue weighted by Gasteiger charge is 2.56. The van der Waals surface area contributed by atoms with Crippen LogP contribution in [-0.2, 0) is 10.2 Å². The number of nitrogens with zero attached hydrogens (tertiary/aromatic N) is 2. The van der Waals surface area contributed by atoms with Crippen molar-refractivity contribution in [2.75, 3.05) is 26.2 Å². The van der Waals surface area contributed by atoms with E-state index < -0.39 is 15.8 Å². The van der Waals surface area contributed by atoms with Crippen LogP contribution in [0, 0.1) is 11.8 Å². The molecule has 0 radical (unpaired) electrons. The third kappa shape index (κ3) is 2.09. The molecule has 104 valence electrons. The number of β-amino-alcohol motifs (C(OH)–C–C–N with tert-alkyl or cyclic N) is 1. The van der Waals surface area contributed by atoms with E-state index in [9.17, 15) is 13.5 Å². The lowest BCUT2D eigenvalue weighted by atomic mass is 9.91. The molecule has 2 saturated heterocycles. The molecule has 18 heavy (non-hydrogen) atoms. The summed E-state index contributed by atoms with van der Waals surface area (Å²) in [5.41, 5.74) is -0.728. The Balaban J connectivity index is 1.65. The van der Waals surface area contributed by atoms with Gasteiger partial charge in [-0.3, -0.25) is 0 Å². The number of hydrogen-bond acceptors (Lipinski definition) is 3. The Morgan fingerprint density at radius 2 is 1.83 bits per heavy atom. The van der Waals surface area contributed by atoms with Gasteiger partial charge in [0.25, 0.3) is 10.2 Å². The Kier molecular flexibility index (Phi) is 2.97. The van der Waals surface area contributed by atoms with Crippen LogP contribution in [0.1, 0.15) is 32.6 Å². The summed E-state index contributed by atoms with van der Waals surface area (Å²) in [6.07, 6.45) is 4.15. The zero-order valence-corrected chi connectivity index (χ0v) is 11.7. The molecule has 1 atom stereocenters. The number of aliphatic hydroxyl groups is 1. The van der Waals surface area contributed by atoms with E-state index >= 15 is 0 Å². The van der Waals surface area contributed by atoms with Gasteiger partial charge in [-0.05, 0) is 37.5 Å². The van der Waals surface area contributed by atoms with E-state index in [2.05, 4.69) is 6.92 Å². The highest BCUT2D eigenvalue weighted by atomic mass is 32.2. The maximum absolute atomic E-state index is 12.4. The predicted molar refractivity (Wildman–Crippen MR) is 68.1 cm³/mol. The zero-order valence-electron chi connectivity index (χ0n) is 10.9. The van der Waals surface area contributed by atoms with Gasteiger partial charge in [0.2, 0.25) is 0 Å². The molecule has 2 heterocycles. The predicted octanol–water partition coefficient (Wildman–Crippen LogP) is 0.420. The lowest BCUT2D eigenvalue weighted by Gasteiger charge is -2.48. The second-order valence-electron chi connectivity index (χ2n) is 6.26. The van der Waals surface area contributed by atoms with Crippen molar-refractivity contribution in [1.29, 1.82) is 0 Å². The van der Waals surface area contributed by atoms with Crippen LogP contribution in [0.5, 0.6) is 0 Å². The fraction of sp³-hybridized carbons (Fsp3) is 1.00. The molecule has 2 aliphatic heterocycles. The highest BCUT2D eigenvalue weighted by Crippen LogP contribution is 2.45. The van der Waals surface area contributed by atoms with Gasteiger partial charge in [-0.25, -0.2) is 0 Å². The summed E-state index contributed by atoms with van der Waals surface area (Å²) >= 11 is 0. The van der Waals surface area contributed by atoms with Gasteiger partial charge in [-0.1, -0.05) is 6.92 Å². The first kappa shape index (κ1) is 12.8. The molecule has 0 aromatic carbocycles. The molecule has 1 aliphatic carbocycles. The monoisotopic (exact) mass is 274 g/mol. The zero-order chi connectivity index (χ0) is 13.0. The third-order valence-electron chi connectivity index (χ3n) is 4.51. The molecule has 0 aromatic rings. The van der Waals surface area contributed by atoms with E-state index in [0.29, 0.717) is 38.0 Å². The van der Waals surface area contributed by atoms with Crippen LogP contribution in [0.4, 0.5) is 0 Å². The first-order chi connectivity index (χ1) is 8.42. The van der Waals surface area contributed by atoms with Gasteiger partial charge in [0.05, 0.1) is 5.60 Å². The van der Waals surface area contributed by atoms with Gasteiger partial charge in [0, 0.05) is 26.2 Å². The summed E-state index contributed by atoms with van der Waals surface area (Å²) in [6.45, 7) is 3.94. The number of hydrogen-bond donors (Lipinski definition) is 1. The first-order valence-corrected chi connectivity index (χ1v) is 8.29. The molecule has 3 rings (SSSR count). The van der Waals surface area contributed by atoms with Crippen molar-refractivity contribution in [3.8, 4) is 0 Å². The van der Waals surface area contributed by atoms with E-state index in [1.165, 1.54) is 4.31 Å². The Morgan fingerprint density at radius 3 is 2.39 bits per heavy atom. The Hall–Kier alpha value is -0.170. The summed E-state index contributed by atoms with van der Waals surface area (Å²) < 4.78 is 27.8. The van der Waals surface area contributed by atoms with Crippen molar-refractivity contribution in [2.24, 2.45) is 11.8 Å². The fourth-order valence-corrected chi connectivity index (χ4v) is 5.03. The average Bonchev–Trinajstić information content (AvgIpc) is 3.08. The smallest absolute Gasteiger partial charge is 0.282 e. The molecule has 1 N–H and O–H groups in total. The van der Waals surface area contributed by atoms with Gasteiger partial charge in [-0.2, -0.15) is 17.0 Å². The molecule has 0 aromatic heterocycles. The van der Waals surface area contributed by atoms with Crippen LogP contribution in [0.25, 0.3) is 0 Å². The Morgan fingerprint density at radius 1 is 1.17 bits per heavy atom. The van der Waals surface area contributed by atoms with Crippen LogP contribution in [-0.4, -0.2) is 53.9 Å². The van der Waals surface area contributed by atoms with E-state index in [4.69, 9.17) is 0 Å². The second kappa shape index (κ2) is 4.16. The summed E-state index contributed by atoms with van der Waals surface area (Å²) in [5.74, 6) is 0.779. The molecule has 0 bridgehead atoms. The normalized spacial score (nSPS) is 34.2. The minimum Gasteiger partial charge on any atom is -0.387 e. The third-order valence-corrected chi connectivity index (χ3v) is 6.40. The van der Waals surface area contributed by atoms with Crippen LogP contribution >= 0.6 is 0 Å². The van der Waals surface area contributed by atoms with Crippen LogP contribution in [0.3, 0.4) is 0 Å². The van der Waals surface area contributed by atoms with Gasteiger partial charge in [-0.15, -0.1) is 0 Å². The lowest BCUT2D eigenvalue weighted by molar-refractivity contribution is -0.0787. The minimum atomic E-state index is -3.33. The van der Waals surface area contributed by atoms with Gasteiger partial charge >= 0.3 is 0 Å². The van der Waals surface area contributed by atoms with Crippen molar-refractivity contribution >= 4 is 10.2 Å². The van der Waals surface area contributed by atoms with Crippen LogP contribution < -0.4 is 0 Å². The van der Waals surface area contributed by atoms with Crippen molar-refractivity contribution in [3.63, 3.8) is 0 Å². The maximum Gasteiger partial charge on any atom is 0.282 e. The fourth-order valence-electron chi connectivity index (χ4n) is 3.13. The molecule has 1 unspecified atom stereocenters. The largest absolute Gasteiger partial charge is 0.387 e. The molecule has 3 fully saturated rings. The summed E-state index contributed by atoms with van der Waals surface area (Å²) in [4.78, 5) is 0. The Bertz CT molecular complexity index is 427. The van der Waals surface area contributed by atoms with Gasteiger partial charge in [0.1, 0.15) is 0 Å². The summed E-state index contributed by atoms with van der Waals surface area (Å²) in [7, 11) is -3.33. The molecular weight excluding hydrogens is 252 g/mol. The SMILES string of the molecule is CC1CCCN(S(=O)(=O)N2CC(O)(C3CC3)C2)C1. The lowest BCUT2D eigenvalue weighted by Crippen LogP contribution is -2.67. The van der Waals surface area contributed by atoms with Crippen LogP contribution in [0.2, 0.25) is 0 Å². The molecule has 0 amide bonds. The summed E-state index contributed by atoms with van der Waals surface area (Å²) in [5, 5.41) is 10.2. The van der Waals surface area contributed by atoms with Gasteiger partial charge < -0.3 is 5.11 Å². The van der Waals surface area contributed by atoms with E-state index in [1.807, 2.05) is 0 Å². The molecule has 6 heteroatoms. The molecule has 1 saturated carbocycles. The van der Waals surface area contributed by atoms with Crippen molar-refractivity contribution in [1.82, 2.24) is 8.61 Å². The molecular formula is C12H22N2O3S. The first-order valence-electron chi connectivity index (χ1n) is 6.89.